The molecule has 2 aromatic rings. The molecule has 4 bridgehead atoms. The number of carbonyl (C=O) groups is 2. The van der Waals surface area contributed by atoms with E-state index in [0.29, 0.717) is 28.9 Å². The first kappa shape index (κ1) is 16.8. The number of esters is 1. The van der Waals surface area contributed by atoms with E-state index in [-0.39, 0.29) is 24.3 Å². The summed E-state index contributed by atoms with van der Waals surface area (Å²) in [6, 6.07) is 6.93. The van der Waals surface area contributed by atoms with Gasteiger partial charge in [0.25, 0.3) is 0 Å². The van der Waals surface area contributed by atoms with Gasteiger partial charge in [0.1, 0.15) is 6.54 Å². The molecule has 0 unspecified atom stereocenters. The van der Waals surface area contributed by atoms with Crippen LogP contribution in [0.1, 0.15) is 38.5 Å². The first-order chi connectivity index (χ1) is 13.0. The van der Waals surface area contributed by atoms with Crippen LogP contribution in [-0.2, 0) is 20.9 Å². The predicted molar refractivity (Wildman–Crippen MR) is 97.0 cm³/mol. The topological polar surface area (TPSA) is 78.5 Å². The smallest absolute Gasteiger partial charge is 0.420 e. The number of benzene rings is 1. The maximum Gasteiger partial charge on any atom is 0.420 e. The lowest BCUT2D eigenvalue weighted by Crippen LogP contribution is -2.51. The van der Waals surface area contributed by atoms with E-state index in [4.69, 9.17) is 9.15 Å². The summed E-state index contributed by atoms with van der Waals surface area (Å²) in [6.45, 7) is -0.431. The van der Waals surface area contributed by atoms with Gasteiger partial charge in [-0.2, -0.15) is 0 Å². The molecule has 1 aromatic carbocycles. The Morgan fingerprint density at radius 1 is 1.07 bits per heavy atom. The van der Waals surface area contributed by atoms with Gasteiger partial charge in [0.05, 0.1) is 5.52 Å². The lowest BCUT2D eigenvalue weighted by Gasteiger charge is -2.55. The van der Waals surface area contributed by atoms with Crippen LogP contribution in [-0.4, -0.2) is 22.9 Å². The molecule has 0 N–H and O–H groups in total. The quantitative estimate of drug-likeness (QED) is 0.757. The molecule has 0 saturated heterocycles. The molecule has 0 aliphatic heterocycles. The Morgan fingerprint density at radius 3 is 2.37 bits per heavy atom. The number of hydrogen-bond acceptors (Lipinski definition) is 5. The normalized spacial score (nSPS) is 31.3. The molecule has 0 amide bonds. The Bertz CT molecular complexity index is 933. The zero-order valence-electron chi connectivity index (χ0n) is 15.2. The number of Topliss-reactive ketones (excluding diaryl/α,β-unsaturated/α-hetero) is 1. The van der Waals surface area contributed by atoms with Crippen molar-refractivity contribution in [1.82, 2.24) is 4.57 Å². The van der Waals surface area contributed by atoms with Crippen LogP contribution in [0, 0.1) is 23.2 Å². The van der Waals surface area contributed by atoms with Crippen molar-refractivity contribution in [2.45, 2.75) is 45.1 Å². The summed E-state index contributed by atoms with van der Waals surface area (Å²) in [5.74, 6) is 0.909. The standard InChI is InChI=1S/C21H23NO5/c23-18(21-8-13-5-14(9-21)7-15(6-13)10-21)12-26-19(24)11-22-16-3-1-2-4-17(16)27-20(22)25/h1-4,13-15H,5-12H2. The third-order valence-electron chi connectivity index (χ3n) is 6.85. The number of aromatic nitrogens is 1. The number of para-hydroxylation sites is 2. The number of hydrogen-bond donors (Lipinski definition) is 0. The number of oxazole rings is 1. The van der Waals surface area contributed by atoms with E-state index >= 15 is 0 Å². The van der Waals surface area contributed by atoms with Crippen molar-refractivity contribution in [2.75, 3.05) is 6.61 Å². The van der Waals surface area contributed by atoms with Gasteiger partial charge in [-0.3, -0.25) is 14.2 Å². The van der Waals surface area contributed by atoms with Crippen LogP contribution in [0.15, 0.2) is 33.5 Å². The highest BCUT2D eigenvalue weighted by atomic mass is 16.5. The molecule has 4 fully saturated rings. The minimum Gasteiger partial charge on any atom is -0.456 e. The third-order valence-corrected chi connectivity index (χ3v) is 6.85. The van der Waals surface area contributed by atoms with Gasteiger partial charge >= 0.3 is 11.7 Å². The van der Waals surface area contributed by atoms with Crippen LogP contribution in [0.4, 0.5) is 0 Å². The minimum absolute atomic E-state index is 0.0688. The van der Waals surface area contributed by atoms with Gasteiger partial charge in [0.15, 0.2) is 18.0 Å². The van der Waals surface area contributed by atoms with Crippen molar-refractivity contribution in [3.05, 3.63) is 34.8 Å². The Labute approximate surface area is 156 Å². The van der Waals surface area contributed by atoms with Gasteiger partial charge < -0.3 is 9.15 Å². The van der Waals surface area contributed by atoms with Crippen LogP contribution in [0.5, 0.6) is 0 Å². The summed E-state index contributed by atoms with van der Waals surface area (Å²) >= 11 is 0. The predicted octanol–water partition coefficient (Wildman–Crippen LogP) is 2.92. The van der Waals surface area contributed by atoms with Gasteiger partial charge in [0.2, 0.25) is 0 Å². The second-order valence-electron chi connectivity index (χ2n) is 8.70. The summed E-state index contributed by atoms with van der Waals surface area (Å²) in [6.07, 6.45) is 6.68. The second-order valence-corrected chi connectivity index (χ2v) is 8.70. The summed E-state index contributed by atoms with van der Waals surface area (Å²) in [5, 5.41) is 0. The Hall–Kier alpha value is -2.37. The van der Waals surface area contributed by atoms with E-state index in [1.807, 2.05) is 0 Å². The van der Waals surface area contributed by atoms with Gasteiger partial charge in [-0.05, 0) is 68.4 Å². The summed E-state index contributed by atoms with van der Waals surface area (Å²) in [4.78, 5) is 37.1. The Morgan fingerprint density at radius 2 is 1.70 bits per heavy atom. The zero-order valence-corrected chi connectivity index (χ0v) is 15.2. The fourth-order valence-electron chi connectivity index (χ4n) is 6.09. The molecular weight excluding hydrogens is 346 g/mol. The van der Waals surface area contributed by atoms with E-state index in [1.165, 1.54) is 23.8 Å². The summed E-state index contributed by atoms with van der Waals surface area (Å²) in [5.41, 5.74) is 0.709. The Kier molecular flexibility index (Phi) is 3.78. The first-order valence-corrected chi connectivity index (χ1v) is 9.80. The molecule has 27 heavy (non-hydrogen) atoms. The number of ketones is 1. The number of rotatable bonds is 5. The lowest BCUT2D eigenvalue weighted by atomic mass is 9.48. The van der Waals surface area contributed by atoms with Gasteiger partial charge in [-0.25, -0.2) is 4.79 Å². The van der Waals surface area contributed by atoms with E-state index in [1.54, 1.807) is 24.3 Å². The highest BCUT2D eigenvalue weighted by molar-refractivity contribution is 5.88. The highest BCUT2D eigenvalue weighted by Gasteiger charge is 2.54. The number of carbonyl (C=O) groups excluding carboxylic acids is 2. The van der Waals surface area contributed by atoms with E-state index < -0.39 is 11.7 Å². The van der Waals surface area contributed by atoms with Crippen LogP contribution < -0.4 is 5.76 Å². The monoisotopic (exact) mass is 369 g/mol. The summed E-state index contributed by atoms with van der Waals surface area (Å²) < 4.78 is 11.6. The van der Waals surface area contributed by atoms with Crippen molar-refractivity contribution in [3.63, 3.8) is 0 Å². The molecule has 142 valence electrons. The molecule has 6 heteroatoms. The van der Waals surface area contributed by atoms with Gasteiger partial charge in [-0.15, -0.1) is 0 Å². The molecule has 6 nitrogen and oxygen atoms in total. The fraction of sp³-hybridized carbons (Fsp3) is 0.571. The average Bonchev–Trinajstić information content (AvgIpc) is 2.94. The highest BCUT2D eigenvalue weighted by Crippen LogP contribution is 2.60. The van der Waals surface area contributed by atoms with Crippen molar-refractivity contribution in [2.24, 2.45) is 23.2 Å². The third kappa shape index (κ3) is 2.82. The minimum atomic E-state index is -0.597. The number of nitrogens with zero attached hydrogens (tertiary/aromatic N) is 1. The van der Waals surface area contributed by atoms with Crippen LogP contribution in [0.25, 0.3) is 11.1 Å². The molecule has 1 aromatic heterocycles. The molecule has 1 heterocycles. The summed E-state index contributed by atoms with van der Waals surface area (Å²) in [7, 11) is 0. The van der Waals surface area contributed by atoms with E-state index in [9.17, 15) is 14.4 Å². The maximum absolute atomic E-state index is 12.9. The molecule has 4 aliphatic carbocycles. The molecule has 0 atom stereocenters. The van der Waals surface area contributed by atoms with Crippen molar-refractivity contribution in [3.8, 4) is 0 Å². The zero-order chi connectivity index (χ0) is 18.6. The van der Waals surface area contributed by atoms with E-state index in [2.05, 4.69) is 0 Å². The van der Waals surface area contributed by atoms with Crippen molar-refractivity contribution < 1.29 is 18.7 Å². The maximum atomic E-state index is 12.9. The SMILES string of the molecule is O=C(Cn1c(=O)oc2ccccc21)OCC(=O)C12CC3CC(CC(C3)C1)C2. The number of ether oxygens (including phenoxy) is 1. The van der Waals surface area contributed by atoms with Crippen LogP contribution >= 0.6 is 0 Å². The molecule has 6 rings (SSSR count). The van der Waals surface area contributed by atoms with Gasteiger partial charge in [-0.1, -0.05) is 12.1 Å². The fourth-order valence-corrected chi connectivity index (χ4v) is 6.09. The van der Waals surface area contributed by atoms with Gasteiger partial charge in [0, 0.05) is 5.41 Å². The Balaban J connectivity index is 1.25. The average molecular weight is 369 g/mol. The molecule has 0 spiro atoms. The second kappa shape index (κ2) is 6.08. The molecule has 4 aliphatic rings. The largest absolute Gasteiger partial charge is 0.456 e. The lowest BCUT2D eigenvalue weighted by molar-refractivity contribution is -0.158. The van der Waals surface area contributed by atoms with Crippen molar-refractivity contribution >= 4 is 22.9 Å². The first-order valence-electron chi connectivity index (χ1n) is 9.80. The van der Waals surface area contributed by atoms with Crippen LogP contribution in [0.2, 0.25) is 0 Å². The molecule has 4 saturated carbocycles. The van der Waals surface area contributed by atoms with Crippen LogP contribution in [0.3, 0.4) is 0 Å². The number of fused-ring (bicyclic) bond motifs is 1. The van der Waals surface area contributed by atoms with E-state index in [0.717, 1.165) is 19.3 Å². The van der Waals surface area contributed by atoms with Crippen molar-refractivity contribution in [1.29, 1.82) is 0 Å². The molecular formula is C21H23NO5. The molecule has 0 radical (unpaired) electrons.